The van der Waals surface area contributed by atoms with Gasteiger partial charge in [0.15, 0.2) is 0 Å². The van der Waals surface area contributed by atoms with E-state index in [9.17, 15) is 14.0 Å². The number of hydrogen-bond donors (Lipinski definition) is 2. The Hall–Kier alpha value is -2.48. The average molecular weight is 416 g/mol. The maximum atomic E-state index is 13.3. The van der Waals surface area contributed by atoms with Gasteiger partial charge in [-0.3, -0.25) is 14.0 Å². The van der Waals surface area contributed by atoms with E-state index >= 15 is 0 Å². The monoisotopic (exact) mass is 416 g/mol. The minimum absolute atomic E-state index is 0.00649. The number of carbonyl (C=O) groups is 2. The maximum absolute atomic E-state index is 13.3. The van der Waals surface area contributed by atoms with Gasteiger partial charge in [-0.2, -0.15) is 0 Å². The molecule has 7 nitrogen and oxygen atoms in total. The molecule has 2 aliphatic rings. The van der Waals surface area contributed by atoms with E-state index in [0.29, 0.717) is 30.9 Å². The van der Waals surface area contributed by atoms with Crippen molar-refractivity contribution in [2.45, 2.75) is 44.2 Å². The summed E-state index contributed by atoms with van der Waals surface area (Å²) in [5, 5.41) is 3.82. The molecule has 2 aromatic rings. The van der Waals surface area contributed by atoms with Gasteiger partial charge < -0.3 is 19.9 Å². The summed E-state index contributed by atoms with van der Waals surface area (Å²) in [5.74, 6) is -0.523. The SMILES string of the molecule is CO[C@H]1C[C@@H](CCNC(=O)c2cc3cccnc3[nH]2)N(C(=O)[C@@H]2CCC[C@H]2CF)C1. The summed E-state index contributed by atoms with van der Waals surface area (Å²) in [6, 6.07) is 5.50. The lowest BCUT2D eigenvalue weighted by Crippen LogP contribution is -2.42. The quantitative estimate of drug-likeness (QED) is 0.727. The summed E-state index contributed by atoms with van der Waals surface area (Å²) in [6.45, 7) is 0.554. The van der Waals surface area contributed by atoms with Gasteiger partial charge in [0.05, 0.1) is 12.8 Å². The number of alkyl halides is 1. The molecule has 2 N–H and O–H groups in total. The standard InChI is InChI=1S/C22H29FN4O3/c1-30-17-11-16(27(13-17)22(29)18-6-2-4-15(18)12-23)7-9-25-21(28)19-10-14-5-3-8-24-20(14)26-19/h3,5,8,10,15-18H,2,4,6-7,9,11-13H2,1H3,(H,24,26)(H,25,28)/t15-,16+,17-,18+/m0/s1. The topological polar surface area (TPSA) is 87.3 Å². The molecule has 1 aliphatic heterocycles. The van der Waals surface area contributed by atoms with Crippen molar-refractivity contribution in [1.82, 2.24) is 20.2 Å². The second-order valence-corrected chi connectivity index (χ2v) is 8.36. The molecule has 8 heteroatoms. The Morgan fingerprint density at radius 3 is 3.03 bits per heavy atom. The van der Waals surface area contributed by atoms with E-state index in [1.165, 1.54) is 0 Å². The van der Waals surface area contributed by atoms with Gasteiger partial charge in [0.1, 0.15) is 11.3 Å². The first-order valence-corrected chi connectivity index (χ1v) is 10.7. The Labute approximate surface area is 175 Å². The molecule has 0 aromatic carbocycles. The Morgan fingerprint density at radius 2 is 2.27 bits per heavy atom. The van der Waals surface area contributed by atoms with E-state index in [1.807, 2.05) is 17.0 Å². The summed E-state index contributed by atoms with van der Waals surface area (Å²) in [5.41, 5.74) is 1.15. The van der Waals surface area contributed by atoms with Gasteiger partial charge in [-0.05, 0) is 49.8 Å². The highest BCUT2D eigenvalue weighted by Gasteiger charge is 2.41. The van der Waals surface area contributed by atoms with E-state index < -0.39 is 6.67 Å². The maximum Gasteiger partial charge on any atom is 0.267 e. The molecule has 4 rings (SSSR count). The number of H-pyrrole nitrogens is 1. The van der Waals surface area contributed by atoms with Crippen LogP contribution < -0.4 is 5.32 Å². The van der Waals surface area contributed by atoms with Gasteiger partial charge in [0.2, 0.25) is 5.91 Å². The summed E-state index contributed by atoms with van der Waals surface area (Å²) in [4.78, 5) is 34.7. The molecule has 1 saturated carbocycles. The van der Waals surface area contributed by atoms with Crippen LogP contribution in [0.5, 0.6) is 0 Å². The predicted molar refractivity (Wildman–Crippen MR) is 111 cm³/mol. The smallest absolute Gasteiger partial charge is 0.267 e. The largest absolute Gasteiger partial charge is 0.380 e. The Bertz CT molecular complexity index is 868. The number of carbonyl (C=O) groups excluding carboxylic acids is 2. The normalized spacial score (nSPS) is 26.4. The zero-order chi connectivity index (χ0) is 21.1. The summed E-state index contributed by atoms with van der Waals surface area (Å²) in [7, 11) is 1.65. The van der Waals surface area contributed by atoms with E-state index in [2.05, 4.69) is 15.3 Å². The van der Waals surface area contributed by atoms with Crippen LogP contribution in [0.25, 0.3) is 11.0 Å². The number of methoxy groups -OCH3 is 1. The van der Waals surface area contributed by atoms with Crippen molar-refractivity contribution >= 4 is 22.8 Å². The molecule has 0 radical (unpaired) electrons. The lowest BCUT2D eigenvalue weighted by atomic mass is 9.95. The molecule has 0 unspecified atom stereocenters. The van der Waals surface area contributed by atoms with E-state index in [1.54, 1.807) is 19.4 Å². The number of halogens is 1. The highest BCUT2D eigenvalue weighted by molar-refractivity contribution is 5.97. The fourth-order valence-corrected chi connectivity index (χ4v) is 4.88. The van der Waals surface area contributed by atoms with Crippen molar-refractivity contribution in [2.75, 3.05) is 26.9 Å². The Balaban J connectivity index is 1.35. The highest BCUT2D eigenvalue weighted by Crippen LogP contribution is 2.36. The number of likely N-dealkylation sites (tertiary alicyclic amines) is 1. The molecule has 3 heterocycles. The van der Waals surface area contributed by atoms with Crippen molar-refractivity contribution in [1.29, 1.82) is 0 Å². The average Bonchev–Trinajstić information content (AvgIpc) is 3.50. The zero-order valence-electron chi connectivity index (χ0n) is 17.3. The number of nitrogens with zero attached hydrogens (tertiary/aromatic N) is 2. The number of amides is 2. The minimum atomic E-state index is -0.433. The molecule has 2 aromatic heterocycles. The third kappa shape index (κ3) is 4.19. The minimum Gasteiger partial charge on any atom is -0.380 e. The highest BCUT2D eigenvalue weighted by atomic mass is 19.1. The number of aromatic nitrogens is 2. The third-order valence-corrected chi connectivity index (χ3v) is 6.57. The first kappa shape index (κ1) is 20.8. The Morgan fingerprint density at radius 1 is 1.40 bits per heavy atom. The number of pyridine rings is 1. The number of hydrogen-bond acceptors (Lipinski definition) is 4. The number of aromatic amines is 1. The van der Waals surface area contributed by atoms with Crippen molar-refractivity contribution in [3.63, 3.8) is 0 Å². The molecular formula is C22H29FN4O3. The molecular weight excluding hydrogens is 387 g/mol. The van der Waals surface area contributed by atoms with Gasteiger partial charge in [0, 0.05) is 43.7 Å². The molecule has 2 amide bonds. The molecule has 1 saturated heterocycles. The van der Waals surface area contributed by atoms with Crippen LogP contribution >= 0.6 is 0 Å². The van der Waals surface area contributed by atoms with Gasteiger partial charge in [-0.15, -0.1) is 0 Å². The Kier molecular flexibility index (Phi) is 6.32. The van der Waals surface area contributed by atoms with E-state index in [4.69, 9.17) is 4.74 Å². The van der Waals surface area contributed by atoms with E-state index in [-0.39, 0.29) is 35.8 Å². The second-order valence-electron chi connectivity index (χ2n) is 8.36. The number of rotatable bonds is 7. The lowest BCUT2D eigenvalue weighted by molar-refractivity contribution is -0.138. The molecule has 0 spiro atoms. The zero-order valence-corrected chi connectivity index (χ0v) is 17.3. The van der Waals surface area contributed by atoms with E-state index in [0.717, 1.165) is 31.1 Å². The molecule has 0 bridgehead atoms. The first-order chi connectivity index (χ1) is 14.6. The molecule has 30 heavy (non-hydrogen) atoms. The van der Waals surface area contributed by atoms with Crippen molar-refractivity contribution in [2.24, 2.45) is 11.8 Å². The van der Waals surface area contributed by atoms with Gasteiger partial charge in [0.25, 0.3) is 5.91 Å². The fourth-order valence-electron chi connectivity index (χ4n) is 4.88. The summed E-state index contributed by atoms with van der Waals surface area (Å²) >= 11 is 0. The van der Waals surface area contributed by atoms with Crippen LogP contribution in [0.15, 0.2) is 24.4 Å². The van der Waals surface area contributed by atoms with Crippen molar-refractivity contribution < 1.29 is 18.7 Å². The van der Waals surface area contributed by atoms with Gasteiger partial charge in [-0.25, -0.2) is 4.98 Å². The van der Waals surface area contributed by atoms with Crippen molar-refractivity contribution in [3.05, 3.63) is 30.1 Å². The summed E-state index contributed by atoms with van der Waals surface area (Å²) in [6.07, 6.45) is 5.50. The van der Waals surface area contributed by atoms with Crippen molar-refractivity contribution in [3.8, 4) is 0 Å². The molecule has 2 fully saturated rings. The molecule has 162 valence electrons. The van der Waals surface area contributed by atoms with Crippen LogP contribution in [-0.2, 0) is 9.53 Å². The molecule has 1 aliphatic carbocycles. The fraction of sp³-hybridized carbons (Fsp3) is 0.591. The van der Waals surface area contributed by atoms with Crippen LogP contribution in [0.1, 0.15) is 42.6 Å². The number of nitrogens with one attached hydrogen (secondary N) is 2. The third-order valence-electron chi connectivity index (χ3n) is 6.57. The van der Waals surface area contributed by atoms with Crippen LogP contribution in [0, 0.1) is 11.8 Å². The lowest BCUT2D eigenvalue weighted by Gasteiger charge is -2.29. The summed E-state index contributed by atoms with van der Waals surface area (Å²) < 4.78 is 18.8. The van der Waals surface area contributed by atoms with Gasteiger partial charge >= 0.3 is 0 Å². The molecule has 4 atom stereocenters. The van der Waals surface area contributed by atoms with Crippen LogP contribution in [0.2, 0.25) is 0 Å². The number of ether oxygens (including phenoxy) is 1. The van der Waals surface area contributed by atoms with Gasteiger partial charge in [-0.1, -0.05) is 6.42 Å². The van der Waals surface area contributed by atoms with Crippen LogP contribution in [0.3, 0.4) is 0 Å². The van der Waals surface area contributed by atoms with Crippen LogP contribution in [0.4, 0.5) is 4.39 Å². The number of fused-ring (bicyclic) bond motifs is 1. The first-order valence-electron chi connectivity index (χ1n) is 10.7. The predicted octanol–water partition coefficient (Wildman–Crippen LogP) is 2.68. The second kappa shape index (κ2) is 9.12. The van der Waals surface area contributed by atoms with Crippen LogP contribution in [-0.4, -0.2) is 65.7 Å².